The van der Waals surface area contributed by atoms with Crippen LogP contribution in [0.5, 0.6) is 0 Å². The highest BCUT2D eigenvalue weighted by atomic mass is 16.4. The summed E-state index contributed by atoms with van der Waals surface area (Å²) in [5, 5.41) is 18.6. The minimum Gasteiger partial charge on any atom is -0.480 e. The van der Waals surface area contributed by atoms with Crippen LogP contribution in [0.3, 0.4) is 0 Å². The maximum absolute atomic E-state index is 12.3. The third-order valence-electron chi connectivity index (χ3n) is 3.64. The number of likely N-dealkylation sites (tertiary alicyclic amines) is 2. The van der Waals surface area contributed by atoms with Crippen molar-refractivity contribution in [2.45, 2.75) is 37.5 Å². The number of urea groups is 1. The van der Waals surface area contributed by atoms with Gasteiger partial charge in [-0.1, -0.05) is 0 Å². The minimum absolute atomic E-state index is 0.0101. The minimum atomic E-state index is -1.15. The Bertz CT molecular complexity index is 413. The average molecular weight is 271 g/mol. The molecule has 0 aliphatic carbocycles. The fourth-order valence-electron chi connectivity index (χ4n) is 2.72. The molecule has 0 radical (unpaired) electrons. The lowest BCUT2D eigenvalue weighted by Crippen LogP contribution is -2.52. The van der Waals surface area contributed by atoms with E-state index in [4.69, 9.17) is 10.8 Å². The lowest BCUT2D eigenvalue weighted by Gasteiger charge is -2.30. The summed E-state index contributed by atoms with van der Waals surface area (Å²) in [6.07, 6.45) is 0.318. The first-order valence-corrected chi connectivity index (χ1v) is 6.19. The Hall–Kier alpha value is -1.83. The molecule has 2 saturated heterocycles. The number of carbonyl (C=O) groups excluding carboxylic acids is 2. The second kappa shape index (κ2) is 5.04. The Labute approximate surface area is 109 Å². The number of aliphatic carboxylic acids is 1. The van der Waals surface area contributed by atoms with Crippen molar-refractivity contribution in [1.82, 2.24) is 9.80 Å². The molecule has 2 rings (SSSR count). The molecular formula is C11H17N3O5. The van der Waals surface area contributed by atoms with E-state index >= 15 is 0 Å². The molecule has 0 saturated carbocycles. The zero-order chi connectivity index (χ0) is 14.2. The molecule has 0 bridgehead atoms. The van der Waals surface area contributed by atoms with E-state index in [1.165, 1.54) is 4.90 Å². The smallest absolute Gasteiger partial charge is 0.326 e. The van der Waals surface area contributed by atoms with Gasteiger partial charge in [-0.3, -0.25) is 4.79 Å². The van der Waals surface area contributed by atoms with Crippen molar-refractivity contribution in [3.8, 4) is 0 Å². The van der Waals surface area contributed by atoms with E-state index in [1.807, 2.05) is 0 Å². The summed E-state index contributed by atoms with van der Waals surface area (Å²) in [5.41, 5.74) is 5.23. The summed E-state index contributed by atoms with van der Waals surface area (Å²) < 4.78 is 0. The van der Waals surface area contributed by atoms with Crippen LogP contribution in [0.1, 0.15) is 19.3 Å². The van der Waals surface area contributed by atoms with Gasteiger partial charge in [0.2, 0.25) is 5.91 Å². The van der Waals surface area contributed by atoms with E-state index in [9.17, 15) is 19.5 Å². The molecule has 8 nitrogen and oxygen atoms in total. The topological polar surface area (TPSA) is 124 Å². The molecule has 0 aromatic carbocycles. The molecule has 3 atom stereocenters. The van der Waals surface area contributed by atoms with Crippen molar-refractivity contribution < 1.29 is 24.6 Å². The number of nitrogens with two attached hydrogens (primary N) is 1. The summed E-state index contributed by atoms with van der Waals surface area (Å²) in [6.45, 7) is 0.350. The van der Waals surface area contributed by atoms with Crippen molar-refractivity contribution in [3.05, 3.63) is 0 Å². The van der Waals surface area contributed by atoms with Gasteiger partial charge < -0.3 is 25.7 Å². The first-order chi connectivity index (χ1) is 8.91. The van der Waals surface area contributed by atoms with Gasteiger partial charge in [-0.15, -0.1) is 0 Å². The number of carboxylic acids is 1. The normalized spacial score (nSPS) is 30.7. The number of hydrogen-bond acceptors (Lipinski definition) is 4. The molecule has 2 heterocycles. The first-order valence-electron chi connectivity index (χ1n) is 6.19. The SMILES string of the molecule is NC(=O)C1CCCN1C(=O)N1C[C@@H](O)C[C@H]1C(=O)O. The van der Waals surface area contributed by atoms with Gasteiger partial charge in [0, 0.05) is 19.5 Å². The third-order valence-corrected chi connectivity index (χ3v) is 3.64. The highest BCUT2D eigenvalue weighted by Gasteiger charge is 2.43. The number of β-amino-alcohol motifs (C(OH)–C–C–N with tert-alkyl or cyclic N) is 1. The lowest BCUT2D eigenvalue weighted by atomic mass is 10.2. The molecule has 0 aromatic rings. The van der Waals surface area contributed by atoms with Crippen LogP contribution in [0.4, 0.5) is 4.79 Å². The van der Waals surface area contributed by atoms with E-state index in [1.54, 1.807) is 0 Å². The van der Waals surface area contributed by atoms with Crippen molar-refractivity contribution in [2.75, 3.05) is 13.1 Å². The van der Waals surface area contributed by atoms with Crippen molar-refractivity contribution >= 4 is 17.9 Å². The molecule has 1 unspecified atom stereocenters. The molecule has 8 heteroatoms. The zero-order valence-corrected chi connectivity index (χ0v) is 10.4. The third kappa shape index (κ3) is 2.48. The van der Waals surface area contributed by atoms with Crippen molar-refractivity contribution in [3.63, 3.8) is 0 Å². The Kier molecular flexibility index (Phi) is 3.61. The number of primary amides is 1. The van der Waals surface area contributed by atoms with Gasteiger partial charge in [0.1, 0.15) is 12.1 Å². The van der Waals surface area contributed by atoms with Gasteiger partial charge >= 0.3 is 12.0 Å². The van der Waals surface area contributed by atoms with Gasteiger partial charge in [0.15, 0.2) is 0 Å². The molecule has 4 N–H and O–H groups in total. The van der Waals surface area contributed by atoms with Crippen LogP contribution < -0.4 is 5.73 Å². The predicted molar refractivity (Wildman–Crippen MR) is 63.1 cm³/mol. The Morgan fingerprint density at radius 2 is 1.84 bits per heavy atom. The van der Waals surface area contributed by atoms with E-state index < -0.39 is 36.1 Å². The highest BCUT2D eigenvalue weighted by molar-refractivity contribution is 5.89. The number of carbonyl (C=O) groups is 3. The number of amides is 3. The summed E-state index contributed by atoms with van der Waals surface area (Å²) >= 11 is 0. The zero-order valence-electron chi connectivity index (χ0n) is 10.4. The Morgan fingerprint density at radius 1 is 1.16 bits per heavy atom. The van der Waals surface area contributed by atoms with Gasteiger partial charge in [-0.25, -0.2) is 9.59 Å². The molecule has 0 spiro atoms. The van der Waals surface area contributed by atoms with Crippen LogP contribution in [0.15, 0.2) is 0 Å². The van der Waals surface area contributed by atoms with Crippen LogP contribution in [0.2, 0.25) is 0 Å². The molecule has 106 valence electrons. The van der Waals surface area contributed by atoms with E-state index in [2.05, 4.69) is 0 Å². The fourth-order valence-corrected chi connectivity index (χ4v) is 2.72. The summed E-state index contributed by atoms with van der Waals surface area (Å²) in [6, 6.07) is -2.26. The van der Waals surface area contributed by atoms with Gasteiger partial charge in [-0.05, 0) is 12.8 Å². The Morgan fingerprint density at radius 3 is 2.42 bits per heavy atom. The molecular weight excluding hydrogens is 254 g/mol. The second-order valence-electron chi connectivity index (χ2n) is 4.93. The molecule has 2 fully saturated rings. The average Bonchev–Trinajstić information content (AvgIpc) is 2.93. The first kappa shape index (κ1) is 13.6. The number of nitrogens with zero attached hydrogens (tertiary/aromatic N) is 2. The van der Waals surface area contributed by atoms with Crippen LogP contribution in [0.25, 0.3) is 0 Å². The predicted octanol–water partition coefficient (Wildman–Crippen LogP) is -1.42. The maximum Gasteiger partial charge on any atom is 0.326 e. The van der Waals surface area contributed by atoms with Gasteiger partial charge in [-0.2, -0.15) is 0 Å². The van der Waals surface area contributed by atoms with Crippen molar-refractivity contribution in [1.29, 1.82) is 0 Å². The van der Waals surface area contributed by atoms with Crippen LogP contribution in [-0.4, -0.2) is 69.2 Å². The second-order valence-corrected chi connectivity index (χ2v) is 4.93. The van der Waals surface area contributed by atoms with Crippen LogP contribution in [-0.2, 0) is 9.59 Å². The van der Waals surface area contributed by atoms with Crippen LogP contribution in [0, 0.1) is 0 Å². The maximum atomic E-state index is 12.3. The van der Waals surface area contributed by atoms with E-state index in [0.29, 0.717) is 19.4 Å². The standard InChI is InChI=1S/C11H17N3O5/c12-9(16)7-2-1-3-13(7)11(19)14-5-6(15)4-8(14)10(17)18/h6-8,15H,1-5H2,(H2,12,16)(H,17,18)/t6-,7?,8-/m0/s1. The van der Waals surface area contributed by atoms with Crippen molar-refractivity contribution in [2.24, 2.45) is 5.73 Å². The number of hydrogen-bond donors (Lipinski definition) is 3. The van der Waals surface area contributed by atoms with E-state index in [-0.39, 0.29) is 13.0 Å². The number of aliphatic hydroxyl groups is 1. The number of aliphatic hydroxyl groups excluding tert-OH is 1. The largest absolute Gasteiger partial charge is 0.480 e. The molecule has 19 heavy (non-hydrogen) atoms. The van der Waals surface area contributed by atoms with Gasteiger partial charge in [0.25, 0.3) is 0 Å². The fraction of sp³-hybridized carbons (Fsp3) is 0.727. The van der Waals surface area contributed by atoms with Gasteiger partial charge in [0.05, 0.1) is 6.10 Å². The lowest BCUT2D eigenvalue weighted by molar-refractivity contribution is -0.141. The number of carboxylic acid groups (broad SMARTS) is 1. The number of rotatable bonds is 2. The van der Waals surface area contributed by atoms with Crippen LogP contribution >= 0.6 is 0 Å². The molecule has 0 aromatic heterocycles. The summed E-state index contributed by atoms with van der Waals surface area (Å²) in [7, 11) is 0. The Balaban J connectivity index is 2.14. The highest BCUT2D eigenvalue weighted by Crippen LogP contribution is 2.24. The molecule has 2 aliphatic rings. The van der Waals surface area contributed by atoms with E-state index in [0.717, 1.165) is 4.90 Å². The molecule has 2 aliphatic heterocycles. The summed E-state index contributed by atoms with van der Waals surface area (Å²) in [5.74, 6) is -1.74. The molecule has 3 amide bonds. The monoisotopic (exact) mass is 271 g/mol. The quantitative estimate of drug-likeness (QED) is 0.568. The summed E-state index contributed by atoms with van der Waals surface area (Å²) in [4.78, 5) is 37.0.